The predicted molar refractivity (Wildman–Crippen MR) is 65.7 cm³/mol. The van der Waals surface area contributed by atoms with Gasteiger partial charge in [-0.25, -0.2) is 0 Å². The van der Waals surface area contributed by atoms with Crippen LogP contribution in [0.2, 0.25) is 0 Å². The van der Waals surface area contributed by atoms with E-state index in [-0.39, 0.29) is 0 Å². The second-order valence-corrected chi connectivity index (χ2v) is 4.16. The van der Waals surface area contributed by atoms with Crippen molar-refractivity contribution in [2.24, 2.45) is 0 Å². The van der Waals surface area contributed by atoms with E-state index < -0.39 is 6.10 Å². The molecule has 0 bridgehead atoms. The molecule has 0 amide bonds. The lowest BCUT2D eigenvalue weighted by atomic mass is 10.1. The lowest BCUT2D eigenvalue weighted by molar-refractivity contribution is 0.162. The smallest absolute Gasteiger partial charge is 0.124 e. The molecule has 1 rings (SSSR count). The van der Waals surface area contributed by atoms with Gasteiger partial charge in [-0.2, -0.15) is 0 Å². The first kappa shape index (κ1) is 13.0. The summed E-state index contributed by atoms with van der Waals surface area (Å²) in [6, 6.07) is 8.04. The van der Waals surface area contributed by atoms with Crippen molar-refractivity contribution in [1.82, 2.24) is 5.32 Å². The van der Waals surface area contributed by atoms with Crippen LogP contribution in [0.5, 0.6) is 5.75 Å². The number of aliphatic hydroxyl groups excluding tert-OH is 1. The molecule has 0 heterocycles. The van der Waals surface area contributed by atoms with Crippen molar-refractivity contribution < 1.29 is 9.84 Å². The van der Waals surface area contributed by atoms with E-state index in [0.717, 1.165) is 17.9 Å². The number of hydrogen-bond acceptors (Lipinski definition) is 3. The van der Waals surface area contributed by atoms with Gasteiger partial charge in [0.2, 0.25) is 0 Å². The van der Waals surface area contributed by atoms with Gasteiger partial charge in [-0.05, 0) is 19.0 Å². The molecule has 1 aromatic carbocycles. The molecule has 0 fully saturated rings. The summed E-state index contributed by atoms with van der Waals surface area (Å²) in [5.41, 5.74) is 0.857. The largest absolute Gasteiger partial charge is 0.496 e. The second-order valence-electron chi connectivity index (χ2n) is 4.16. The zero-order valence-corrected chi connectivity index (χ0v) is 10.2. The average molecular weight is 223 g/mol. The van der Waals surface area contributed by atoms with Gasteiger partial charge in [-0.15, -0.1) is 0 Å². The lowest BCUT2D eigenvalue weighted by Crippen LogP contribution is -2.25. The number of methoxy groups -OCH3 is 1. The topological polar surface area (TPSA) is 41.5 Å². The van der Waals surface area contributed by atoms with Crippen molar-refractivity contribution in [3.63, 3.8) is 0 Å². The van der Waals surface area contributed by atoms with Crippen LogP contribution < -0.4 is 10.1 Å². The lowest BCUT2D eigenvalue weighted by Gasteiger charge is -2.15. The van der Waals surface area contributed by atoms with Crippen LogP contribution in [0.25, 0.3) is 0 Å². The van der Waals surface area contributed by atoms with Crippen molar-refractivity contribution in [2.75, 3.05) is 13.7 Å². The maximum atomic E-state index is 10.0. The predicted octanol–water partition coefficient (Wildman–Crippen LogP) is 2.12. The van der Waals surface area contributed by atoms with E-state index in [4.69, 9.17) is 4.74 Å². The summed E-state index contributed by atoms with van der Waals surface area (Å²) in [4.78, 5) is 0. The standard InChI is InChI=1S/C13H21NO2/c1-10(2)14-9-8-12(15)11-6-4-5-7-13(11)16-3/h4-7,10,12,14-15H,8-9H2,1-3H3. The van der Waals surface area contributed by atoms with Gasteiger partial charge < -0.3 is 15.2 Å². The summed E-state index contributed by atoms with van der Waals surface area (Å²) >= 11 is 0. The van der Waals surface area contributed by atoms with Crippen molar-refractivity contribution >= 4 is 0 Å². The molecule has 3 nitrogen and oxygen atoms in total. The Morgan fingerprint density at radius 1 is 1.31 bits per heavy atom. The van der Waals surface area contributed by atoms with E-state index >= 15 is 0 Å². The van der Waals surface area contributed by atoms with Gasteiger partial charge in [0.25, 0.3) is 0 Å². The minimum atomic E-state index is -0.470. The highest BCUT2D eigenvalue weighted by atomic mass is 16.5. The summed E-state index contributed by atoms with van der Waals surface area (Å²) in [6.45, 7) is 4.99. The summed E-state index contributed by atoms with van der Waals surface area (Å²) in [5, 5.41) is 13.3. The molecule has 0 aliphatic carbocycles. The van der Waals surface area contributed by atoms with Gasteiger partial charge in [0.05, 0.1) is 13.2 Å². The van der Waals surface area contributed by atoms with Crippen LogP contribution in [-0.4, -0.2) is 24.8 Å². The number of benzene rings is 1. The Hall–Kier alpha value is -1.06. The second kappa shape index (κ2) is 6.51. The SMILES string of the molecule is COc1ccccc1C(O)CCNC(C)C. The third-order valence-corrected chi connectivity index (χ3v) is 2.47. The fourth-order valence-corrected chi connectivity index (χ4v) is 1.61. The fraction of sp³-hybridized carbons (Fsp3) is 0.538. The number of para-hydroxylation sites is 1. The van der Waals surface area contributed by atoms with Gasteiger partial charge in [0.15, 0.2) is 0 Å². The van der Waals surface area contributed by atoms with Crippen molar-refractivity contribution in [1.29, 1.82) is 0 Å². The molecule has 0 saturated heterocycles. The first-order valence-corrected chi connectivity index (χ1v) is 5.69. The fourth-order valence-electron chi connectivity index (χ4n) is 1.61. The Kier molecular flexibility index (Phi) is 5.29. The Balaban J connectivity index is 2.55. The molecule has 0 radical (unpaired) electrons. The first-order chi connectivity index (χ1) is 7.65. The maximum absolute atomic E-state index is 10.0. The highest BCUT2D eigenvalue weighted by Gasteiger charge is 2.11. The van der Waals surface area contributed by atoms with Gasteiger partial charge in [0.1, 0.15) is 5.75 Å². The Morgan fingerprint density at radius 2 is 2.00 bits per heavy atom. The Labute approximate surface area is 97.4 Å². The highest BCUT2D eigenvalue weighted by molar-refractivity contribution is 5.34. The van der Waals surface area contributed by atoms with E-state index in [9.17, 15) is 5.11 Å². The van der Waals surface area contributed by atoms with E-state index in [1.807, 2.05) is 24.3 Å². The summed E-state index contributed by atoms with van der Waals surface area (Å²) in [5.74, 6) is 0.750. The Bertz CT molecular complexity index is 313. The number of nitrogens with one attached hydrogen (secondary N) is 1. The summed E-state index contributed by atoms with van der Waals surface area (Å²) in [6.07, 6.45) is 0.223. The zero-order valence-electron chi connectivity index (χ0n) is 10.2. The first-order valence-electron chi connectivity index (χ1n) is 5.69. The molecule has 0 saturated carbocycles. The maximum Gasteiger partial charge on any atom is 0.124 e. The van der Waals surface area contributed by atoms with Crippen molar-refractivity contribution in [3.05, 3.63) is 29.8 Å². The van der Waals surface area contributed by atoms with Gasteiger partial charge in [0, 0.05) is 11.6 Å². The van der Waals surface area contributed by atoms with Crippen LogP contribution in [0.3, 0.4) is 0 Å². The summed E-state index contributed by atoms with van der Waals surface area (Å²) < 4.78 is 5.21. The number of hydrogen-bond donors (Lipinski definition) is 2. The van der Waals surface area contributed by atoms with Crippen molar-refractivity contribution in [3.8, 4) is 5.75 Å². The highest BCUT2D eigenvalue weighted by Crippen LogP contribution is 2.26. The zero-order chi connectivity index (χ0) is 12.0. The van der Waals surface area contributed by atoms with Crippen LogP contribution in [-0.2, 0) is 0 Å². The van der Waals surface area contributed by atoms with Crippen LogP contribution in [0, 0.1) is 0 Å². The average Bonchev–Trinajstić information content (AvgIpc) is 2.28. The van der Waals surface area contributed by atoms with E-state index in [1.165, 1.54) is 0 Å². The third-order valence-electron chi connectivity index (χ3n) is 2.47. The number of rotatable bonds is 6. The number of aliphatic hydroxyl groups is 1. The Morgan fingerprint density at radius 3 is 2.62 bits per heavy atom. The molecule has 0 aromatic heterocycles. The molecule has 1 aromatic rings. The molecular formula is C13H21NO2. The van der Waals surface area contributed by atoms with Crippen LogP contribution in [0.4, 0.5) is 0 Å². The normalized spacial score (nSPS) is 12.8. The molecule has 0 aliphatic rings. The number of ether oxygens (including phenoxy) is 1. The van der Waals surface area contributed by atoms with Crippen LogP contribution >= 0.6 is 0 Å². The van der Waals surface area contributed by atoms with Gasteiger partial charge in [-0.1, -0.05) is 32.0 Å². The van der Waals surface area contributed by atoms with Gasteiger partial charge >= 0.3 is 0 Å². The minimum Gasteiger partial charge on any atom is -0.496 e. The van der Waals surface area contributed by atoms with Crippen LogP contribution in [0.1, 0.15) is 31.9 Å². The molecule has 2 N–H and O–H groups in total. The molecular weight excluding hydrogens is 202 g/mol. The molecule has 1 atom stereocenters. The van der Waals surface area contributed by atoms with Gasteiger partial charge in [-0.3, -0.25) is 0 Å². The molecule has 16 heavy (non-hydrogen) atoms. The quantitative estimate of drug-likeness (QED) is 0.776. The molecule has 0 spiro atoms. The molecule has 0 aliphatic heterocycles. The minimum absolute atomic E-state index is 0.449. The monoisotopic (exact) mass is 223 g/mol. The molecule has 1 unspecified atom stereocenters. The van der Waals surface area contributed by atoms with E-state index in [1.54, 1.807) is 7.11 Å². The van der Waals surface area contributed by atoms with E-state index in [2.05, 4.69) is 19.2 Å². The van der Waals surface area contributed by atoms with Crippen LogP contribution in [0.15, 0.2) is 24.3 Å². The molecule has 3 heteroatoms. The third kappa shape index (κ3) is 3.83. The van der Waals surface area contributed by atoms with Crippen molar-refractivity contribution in [2.45, 2.75) is 32.4 Å². The summed E-state index contributed by atoms with van der Waals surface area (Å²) in [7, 11) is 1.62. The van der Waals surface area contributed by atoms with E-state index in [0.29, 0.717) is 12.5 Å². The molecule has 90 valence electrons.